The summed E-state index contributed by atoms with van der Waals surface area (Å²) in [6, 6.07) is 19.3. The molecule has 0 spiro atoms. The van der Waals surface area contributed by atoms with Gasteiger partial charge in [-0.3, -0.25) is 0 Å². The van der Waals surface area contributed by atoms with Crippen molar-refractivity contribution in [2.24, 2.45) is 0 Å². The van der Waals surface area contributed by atoms with Gasteiger partial charge in [0.15, 0.2) is 11.5 Å². The van der Waals surface area contributed by atoms with Gasteiger partial charge in [-0.2, -0.15) is 4.98 Å². The van der Waals surface area contributed by atoms with Crippen LogP contribution in [0.4, 0.5) is 11.6 Å². The summed E-state index contributed by atoms with van der Waals surface area (Å²) >= 11 is 12.6. The number of hydrogen-bond acceptors (Lipinski definition) is 8. The molecule has 4 aromatic rings. The van der Waals surface area contributed by atoms with Gasteiger partial charge >= 0.3 is 0 Å². The van der Waals surface area contributed by atoms with Crippen molar-refractivity contribution in [3.63, 3.8) is 0 Å². The molecule has 38 heavy (non-hydrogen) atoms. The molecule has 3 aromatic carbocycles. The number of benzene rings is 3. The van der Waals surface area contributed by atoms with Gasteiger partial charge in [0.25, 0.3) is 0 Å². The van der Waals surface area contributed by atoms with E-state index in [1.807, 2.05) is 29.2 Å². The third-order valence-corrected chi connectivity index (χ3v) is 8.72. The first kappa shape index (κ1) is 24.9. The molecule has 6 rings (SSSR count). The Morgan fingerprint density at radius 1 is 0.789 bits per heavy atom. The predicted molar refractivity (Wildman–Crippen MR) is 146 cm³/mol. The van der Waals surface area contributed by atoms with Gasteiger partial charge in [-0.05, 0) is 42.5 Å². The largest absolute Gasteiger partial charge is 0.486 e. The molecule has 0 N–H and O–H groups in total. The summed E-state index contributed by atoms with van der Waals surface area (Å²) in [6.45, 7) is 3.09. The molecule has 8 nitrogen and oxygen atoms in total. The average Bonchev–Trinajstić information content (AvgIpc) is 3.39. The second-order valence-corrected chi connectivity index (χ2v) is 11.6. The molecule has 0 atom stereocenters. The van der Waals surface area contributed by atoms with Crippen LogP contribution >= 0.6 is 23.2 Å². The van der Waals surface area contributed by atoms with Gasteiger partial charge in [0.2, 0.25) is 26.6 Å². The summed E-state index contributed by atoms with van der Waals surface area (Å²) in [7, 11) is -4.08. The standard InChI is InChI=1S/C27H23Cl2N3O5S/c28-18-4-3-5-19(16-18)31-10-12-32(13-11-31)27-26(30-25(37-27)21-6-1-2-7-22(21)29)38(33,34)20-8-9-23-24(17-20)36-15-14-35-23/h1-9,16-17H,10-15H2. The Hall–Kier alpha value is -3.40. The fourth-order valence-corrected chi connectivity index (χ4v) is 6.30. The van der Waals surface area contributed by atoms with E-state index in [4.69, 9.17) is 37.1 Å². The Morgan fingerprint density at radius 3 is 2.29 bits per heavy atom. The molecular formula is C27H23Cl2N3O5S. The topological polar surface area (TPSA) is 85.1 Å². The molecule has 0 saturated carbocycles. The van der Waals surface area contributed by atoms with E-state index in [0.717, 1.165) is 5.69 Å². The number of anilines is 2. The zero-order chi connectivity index (χ0) is 26.3. The fraction of sp³-hybridized carbons (Fsp3) is 0.222. The number of sulfone groups is 1. The maximum atomic E-state index is 13.9. The van der Waals surface area contributed by atoms with Gasteiger partial charge in [0.05, 0.1) is 15.5 Å². The van der Waals surface area contributed by atoms with E-state index in [1.165, 1.54) is 12.1 Å². The van der Waals surface area contributed by atoms with Gasteiger partial charge in [0, 0.05) is 43.0 Å². The third kappa shape index (κ3) is 4.66. The van der Waals surface area contributed by atoms with E-state index in [0.29, 0.717) is 66.5 Å². The van der Waals surface area contributed by atoms with Gasteiger partial charge in [0.1, 0.15) is 13.2 Å². The molecule has 0 aliphatic carbocycles. The summed E-state index contributed by atoms with van der Waals surface area (Å²) in [5.41, 5.74) is 1.52. The highest BCUT2D eigenvalue weighted by Gasteiger charge is 2.34. The molecule has 1 aromatic heterocycles. The van der Waals surface area contributed by atoms with E-state index in [9.17, 15) is 8.42 Å². The zero-order valence-corrected chi connectivity index (χ0v) is 22.5. The highest BCUT2D eigenvalue weighted by Crippen LogP contribution is 2.39. The van der Waals surface area contributed by atoms with E-state index >= 15 is 0 Å². The summed E-state index contributed by atoms with van der Waals surface area (Å²) in [5.74, 6) is 1.20. The number of piperazine rings is 1. The Labute approximate surface area is 230 Å². The minimum atomic E-state index is -4.08. The molecule has 0 bridgehead atoms. The van der Waals surface area contributed by atoms with Crippen LogP contribution in [0, 0.1) is 0 Å². The quantitative estimate of drug-likeness (QED) is 0.307. The second-order valence-electron chi connectivity index (χ2n) is 8.87. The minimum absolute atomic E-state index is 0.0413. The van der Waals surface area contributed by atoms with Crippen LogP contribution < -0.4 is 19.3 Å². The first-order valence-corrected chi connectivity index (χ1v) is 14.3. The molecule has 0 unspecified atom stereocenters. The Balaban J connectivity index is 1.38. The van der Waals surface area contributed by atoms with Crippen molar-refractivity contribution in [2.45, 2.75) is 9.92 Å². The van der Waals surface area contributed by atoms with Crippen LogP contribution in [0.2, 0.25) is 10.0 Å². The Bertz CT molecular complexity index is 1600. The molecule has 11 heteroatoms. The van der Waals surface area contributed by atoms with Crippen molar-refractivity contribution in [3.8, 4) is 23.0 Å². The van der Waals surface area contributed by atoms with Crippen molar-refractivity contribution in [2.75, 3.05) is 49.2 Å². The lowest BCUT2D eigenvalue weighted by Gasteiger charge is -2.36. The number of aromatic nitrogens is 1. The predicted octanol–water partition coefficient (Wildman–Crippen LogP) is 5.58. The third-order valence-electron chi connectivity index (χ3n) is 6.50. The van der Waals surface area contributed by atoms with Gasteiger partial charge in [-0.25, -0.2) is 8.42 Å². The highest BCUT2D eigenvalue weighted by atomic mass is 35.5. The summed E-state index contributed by atoms with van der Waals surface area (Å²) < 4.78 is 45.2. The summed E-state index contributed by atoms with van der Waals surface area (Å²) in [5, 5.41) is 0.909. The molecule has 1 fully saturated rings. The van der Waals surface area contributed by atoms with Crippen molar-refractivity contribution >= 4 is 44.6 Å². The van der Waals surface area contributed by atoms with E-state index < -0.39 is 9.84 Å². The van der Waals surface area contributed by atoms with Crippen LogP contribution in [0.15, 0.2) is 81.1 Å². The van der Waals surface area contributed by atoms with Crippen LogP contribution in [-0.2, 0) is 9.84 Å². The lowest BCUT2D eigenvalue weighted by Crippen LogP contribution is -2.46. The molecule has 1 saturated heterocycles. The molecular weight excluding hydrogens is 549 g/mol. The number of fused-ring (bicyclic) bond motifs is 1. The van der Waals surface area contributed by atoms with Crippen LogP contribution in [0.5, 0.6) is 11.5 Å². The summed E-state index contributed by atoms with van der Waals surface area (Å²) in [4.78, 5) is 8.62. The first-order valence-electron chi connectivity index (χ1n) is 12.1. The van der Waals surface area contributed by atoms with E-state index in [1.54, 1.807) is 30.3 Å². The lowest BCUT2D eigenvalue weighted by molar-refractivity contribution is 0.171. The molecule has 2 aliphatic rings. The SMILES string of the molecule is O=S(=O)(c1ccc2c(c1)OCCO2)c1nc(-c2ccccc2Cl)oc1N1CCN(c2cccc(Cl)c2)CC1. The van der Waals surface area contributed by atoms with E-state index in [-0.39, 0.29) is 21.7 Å². The molecule has 196 valence electrons. The van der Waals surface area contributed by atoms with Crippen LogP contribution in [0.25, 0.3) is 11.5 Å². The smallest absolute Gasteiger partial charge is 0.236 e. The monoisotopic (exact) mass is 571 g/mol. The zero-order valence-electron chi connectivity index (χ0n) is 20.1. The van der Waals surface area contributed by atoms with Crippen molar-refractivity contribution in [1.82, 2.24) is 4.98 Å². The van der Waals surface area contributed by atoms with E-state index in [2.05, 4.69) is 9.88 Å². The number of hydrogen-bond donors (Lipinski definition) is 0. The summed E-state index contributed by atoms with van der Waals surface area (Å²) in [6.07, 6.45) is 0. The molecule has 0 radical (unpaired) electrons. The maximum absolute atomic E-state index is 13.9. The molecule has 3 heterocycles. The van der Waals surface area contributed by atoms with Crippen LogP contribution in [0.3, 0.4) is 0 Å². The number of halogens is 2. The van der Waals surface area contributed by atoms with Crippen molar-refractivity contribution in [3.05, 3.63) is 76.8 Å². The van der Waals surface area contributed by atoms with Crippen molar-refractivity contribution < 1.29 is 22.3 Å². The van der Waals surface area contributed by atoms with Crippen molar-refractivity contribution in [1.29, 1.82) is 0 Å². The Kier molecular flexibility index (Phi) is 6.59. The molecule has 2 aliphatic heterocycles. The van der Waals surface area contributed by atoms with Gasteiger partial charge in [-0.1, -0.05) is 41.4 Å². The minimum Gasteiger partial charge on any atom is -0.486 e. The number of ether oxygens (including phenoxy) is 2. The lowest BCUT2D eigenvalue weighted by atomic mass is 10.2. The first-order chi connectivity index (χ1) is 18.4. The second kappa shape index (κ2) is 10.1. The van der Waals surface area contributed by atoms with Crippen LogP contribution in [0.1, 0.15) is 0 Å². The van der Waals surface area contributed by atoms with Crippen LogP contribution in [-0.4, -0.2) is 52.8 Å². The number of nitrogens with zero attached hydrogens (tertiary/aromatic N) is 3. The number of oxazole rings is 1. The van der Waals surface area contributed by atoms with Gasteiger partial charge in [-0.15, -0.1) is 0 Å². The normalized spacial score (nSPS) is 15.5. The number of rotatable bonds is 5. The Morgan fingerprint density at radius 2 is 1.53 bits per heavy atom. The maximum Gasteiger partial charge on any atom is 0.236 e. The van der Waals surface area contributed by atoms with Gasteiger partial charge < -0.3 is 23.7 Å². The highest BCUT2D eigenvalue weighted by molar-refractivity contribution is 7.91. The molecule has 0 amide bonds. The average molecular weight is 572 g/mol. The fourth-order valence-electron chi connectivity index (χ4n) is 4.57.